The summed E-state index contributed by atoms with van der Waals surface area (Å²) in [5, 5.41) is 15.3. The van der Waals surface area contributed by atoms with E-state index in [0.717, 1.165) is 5.56 Å². The minimum atomic E-state index is -0.248. The molecule has 2 aromatic carbocycles. The number of hydrogen-bond donors (Lipinski definition) is 2. The third kappa shape index (κ3) is 6.07. The molecule has 0 unspecified atom stereocenters. The van der Waals surface area contributed by atoms with E-state index in [9.17, 15) is 14.9 Å². The Kier molecular flexibility index (Phi) is 7.25. The van der Waals surface area contributed by atoms with Crippen LogP contribution in [0.15, 0.2) is 65.7 Å². The molecule has 0 radical (unpaired) electrons. The molecule has 3 rings (SSSR count). The number of thioether (sulfide) groups is 1. The first-order valence-corrected chi connectivity index (χ1v) is 10.3. The summed E-state index contributed by atoms with van der Waals surface area (Å²) in [4.78, 5) is 28.2. The van der Waals surface area contributed by atoms with Crippen molar-refractivity contribution in [2.45, 2.75) is 11.9 Å². The fourth-order valence-corrected chi connectivity index (χ4v) is 3.56. The molecule has 0 spiro atoms. The first-order chi connectivity index (χ1) is 15.0. The smallest absolute Gasteiger partial charge is 0.234 e. The Bertz CT molecular complexity index is 1160. The number of nitrogens with one attached hydrogen (secondary N) is 2. The number of carbonyl (C=O) groups is 2. The lowest BCUT2D eigenvalue weighted by molar-refractivity contribution is -0.114. The van der Waals surface area contributed by atoms with E-state index in [0.29, 0.717) is 33.4 Å². The number of nitrogens with zero attached hydrogens (tertiary/aromatic N) is 2. The van der Waals surface area contributed by atoms with Crippen molar-refractivity contribution in [2.24, 2.45) is 0 Å². The highest BCUT2D eigenvalue weighted by Gasteiger charge is 2.12. The average molecular weight is 433 g/mol. The van der Waals surface area contributed by atoms with Gasteiger partial charge in [0.15, 0.2) is 0 Å². The highest BCUT2D eigenvalue weighted by atomic mass is 32.2. The molecule has 8 heteroatoms. The monoisotopic (exact) mass is 432 g/mol. The maximum absolute atomic E-state index is 12.4. The zero-order valence-electron chi connectivity index (χ0n) is 17.0. The van der Waals surface area contributed by atoms with Crippen LogP contribution in [-0.2, 0) is 9.59 Å². The zero-order valence-corrected chi connectivity index (χ0v) is 17.8. The molecular formula is C23H20N4O3S. The predicted octanol–water partition coefficient (Wildman–Crippen LogP) is 4.32. The lowest BCUT2D eigenvalue weighted by Crippen LogP contribution is -2.14. The summed E-state index contributed by atoms with van der Waals surface area (Å²) >= 11 is 1.19. The highest BCUT2D eigenvalue weighted by molar-refractivity contribution is 8.00. The fourth-order valence-electron chi connectivity index (χ4n) is 2.79. The normalized spacial score (nSPS) is 10.1. The van der Waals surface area contributed by atoms with E-state index in [4.69, 9.17) is 4.74 Å². The summed E-state index contributed by atoms with van der Waals surface area (Å²) in [5.74, 6) is 0.347. The van der Waals surface area contributed by atoms with Crippen molar-refractivity contribution in [1.82, 2.24) is 4.98 Å². The maximum Gasteiger partial charge on any atom is 0.234 e. The number of anilines is 2. The van der Waals surface area contributed by atoms with Crippen LogP contribution in [0.2, 0.25) is 0 Å². The van der Waals surface area contributed by atoms with Gasteiger partial charge in [0.1, 0.15) is 16.8 Å². The quantitative estimate of drug-likeness (QED) is 0.539. The summed E-state index contributed by atoms with van der Waals surface area (Å²) < 4.78 is 5.26. The van der Waals surface area contributed by atoms with Crippen molar-refractivity contribution in [3.05, 3.63) is 66.2 Å². The number of aromatic nitrogens is 1. The number of carbonyl (C=O) groups excluding carboxylic acids is 2. The van der Waals surface area contributed by atoms with Crippen molar-refractivity contribution >= 4 is 35.0 Å². The number of benzene rings is 2. The zero-order chi connectivity index (χ0) is 22.2. The van der Waals surface area contributed by atoms with Crippen molar-refractivity contribution in [1.29, 1.82) is 5.26 Å². The predicted molar refractivity (Wildman–Crippen MR) is 121 cm³/mol. The van der Waals surface area contributed by atoms with Gasteiger partial charge in [-0.15, -0.1) is 0 Å². The van der Waals surface area contributed by atoms with Gasteiger partial charge in [-0.25, -0.2) is 4.98 Å². The Morgan fingerprint density at radius 3 is 2.52 bits per heavy atom. The number of ether oxygens (including phenoxy) is 1. The van der Waals surface area contributed by atoms with Gasteiger partial charge in [-0.2, -0.15) is 5.26 Å². The molecule has 0 saturated heterocycles. The first kappa shape index (κ1) is 21.9. The summed E-state index contributed by atoms with van der Waals surface area (Å²) in [6, 6.07) is 19.9. The molecule has 0 atom stereocenters. The number of nitriles is 1. The van der Waals surface area contributed by atoms with E-state index in [1.807, 2.05) is 24.3 Å². The fraction of sp³-hybridized carbons (Fsp3) is 0.130. The largest absolute Gasteiger partial charge is 0.497 e. The average Bonchev–Trinajstić information content (AvgIpc) is 2.77. The molecule has 31 heavy (non-hydrogen) atoms. The van der Waals surface area contributed by atoms with Crippen LogP contribution in [0, 0.1) is 11.3 Å². The lowest BCUT2D eigenvalue weighted by Gasteiger charge is -2.09. The molecule has 0 aliphatic carbocycles. The minimum Gasteiger partial charge on any atom is -0.497 e. The van der Waals surface area contributed by atoms with Crippen LogP contribution in [0.4, 0.5) is 11.4 Å². The molecule has 0 fully saturated rings. The highest BCUT2D eigenvalue weighted by Crippen LogP contribution is 2.27. The summed E-state index contributed by atoms with van der Waals surface area (Å²) in [6.45, 7) is 1.42. The lowest BCUT2D eigenvalue weighted by atomic mass is 10.1. The van der Waals surface area contributed by atoms with Crippen LogP contribution in [0.1, 0.15) is 12.5 Å². The van der Waals surface area contributed by atoms with Gasteiger partial charge in [0.25, 0.3) is 0 Å². The van der Waals surface area contributed by atoms with Gasteiger partial charge in [-0.05, 0) is 42.5 Å². The molecule has 7 nitrogen and oxygen atoms in total. The summed E-state index contributed by atoms with van der Waals surface area (Å²) in [6.07, 6.45) is 0. The second kappa shape index (κ2) is 10.3. The minimum absolute atomic E-state index is 0.0770. The van der Waals surface area contributed by atoms with Gasteiger partial charge in [-0.1, -0.05) is 30.0 Å². The molecule has 0 aliphatic rings. The Hall–Kier alpha value is -3.83. The van der Waals surface area contributed by atoms with Gasteiger partial charge in [-0.3, -0.25) is 9.59 Å². The molecule has 3 aromatic rings. The molecule has 2 N–H and O–H groups in total. The third-order valence-electron chi connectivity index (χ3n) is 4.15. The Labute approximate surface area is 184 Å². The third-order valence-corrected chi connectivity index (χ3v) is 5.14. The molecule has 156 valence electrons. The topological polar surface area (TPSA) is 104 Å². The van der Waals surface area contributed by atoms with Crippen LogP contribution >= 0.6 is 11.8 Å². The molecular weight excluding hydrogens is 412 g/mol. The molecule has 1 heterocycles. The van der Waals surface area contributed by atoms with E-state index in [-0.39, 0.29) is 17.6 Å². The second-order valence-electron chi connectivity index (χ2n) is 6.49. The standard InChI is InChI=1S/C23H20N4O3S/c1-15(28)25-18-6-4-7-19(12-18)26-22(29)14-31-23-17(13-24)9-10-21(27-23)16-5-3-8-20(11-16)30-2/h3-12H,14H2,1-2H3,(H,25,28)(H,26,29). The van der Waals surface area contributed by atoms with E-state index < -0.39 is 0 Å². The van der Waals surface area contributed by atoms with Crippen LogP contribution in [0.5, 0.6) is 5.75 Å². The number of rotatable bonds is 7. The Morgan fingerprint density at radius 1 is 1.06 bits per heavy atom. The number of amides is 2. The van der Waals surface area contributed by atoms with Crippen LogP contribution in [0.3, 0.4) is 0 Å². The van der Waals surface area contributed by atoms with E-state index in [2.05, 4.69) is 21.7 Å². The summed E-state index contributed by atoms with van der Waals surface area (Å²) in [5.41, 5.74) is 3.10. The SMILES string of the molecule is COc1cccc(-c2ccc(C#N)c(SCC(=O)Nc3cccc(NC(C)=O)c3)n2)c1. The van der Waals surface area contributed by atoms with Gasteiger partial charge in [0.05, 0.1) is 24.1 Å². The Morgan fingerprint density at radius 2 is 1.81 bits per heavy atom. The molecule has 0 bridgehead atoms. The molecule has 0 aliphatic heterocycles. The van der Waals surface area contributed by atoms with Crippen molar-refractivity contribution in [3.8, 4) is 23.1 Å². The van der Waals surface area contributed by atoms with Crippen LogP contribution < -0.4 is 15.4 Å². The first-order valence-electron chi connectivity index (χ1n) is 9.34. The molecule has 2 amide bonds. The number of methoxy groups -OCH3 is 1. The van der Waals surface area contributed by atoms with Crippen LogP contribution in [-0.4, -0.2) is 29.7 Å². The van der Waals surface area contributed by atoms with Gasteiger partial charge in [0.2, 0.25) is 11.8 Å². The maximum atomic E-state index is 12.4. The van der Waals surface area contributed by atoms with Crippen molar-refractivity contribution in [2.75, 3.05) is 23.5 Å². The van der Waals surface area contributed by atoms with Crippen molar-refractivity contribution < 1.29 is 14.3 Å². The number of pyridine rings is 1. The Balaban J connectivity index is 1.71. The van der Waals surface area contributed by atoms with E-state index >= 15 is 0 Å². The van der Waals surface area contributed by atoms with Crippen LogP contribution in [0.25, 0.3) is 11.3 Å². The van der Waals surface area contributed by atoms with Gasteiger partial charge >= 0.3 is 0 Å². The number of hydrogen-bond acceptors (Lipinski definition) is 6. The second-order valence-corrected chi connectivity index (χ2v) is 7.46. The van der Waals surface area contributed by atoms with E-state index in [1.165, 1.54) is 18.7 Å². The van der Waals surface area contributed by atoms with Crippen molar-refractivity contribution in [3.63, 3.8) is 0 Å². The van der Waals surface area contributed by atoms with Gasteiger partial charge < -0.3 is 15.4 Å². The van der Waals surface area contributed by atoms with E-state index in [1.54, 1.807) is 43.5 Å². The molecule has 1 aromatic heterocycles. The molecule has 0 saturated carbocycles. The van der Waals surface area contributed by atoms with Gasteiger partial charge in [0, 0.05) is 23.9 Å². The summed E-state index contributed by atoms with van der Waals surface area (Å²) in [7, 11) is 1.59.